The summed E-state index contributed by atoms with van der Waals surface area (Å²) in [5.74, 6) is 1.65. The van der Waals surface area contributed by atoms with E-state index in [9.17, 15) is 8.42 Å². The molecule has 1 heterocycles. The summed E-state index contributed by atoms with van der Waals surface area (Å²) >= 11 is 0. The van der Waals surface area contributed by atoms with Crippen LogP contribution in [0.1, 0.15) is 26.7 Å². The Morgan fingerprint density at radius 2 is 1.85 bits per heavy atom. The van der Waals surface area contributed by atoms with Crippen molar-refractivity contribution < 1.29 is 13.2 Å². The molecule has 0 aliphatic carbocycles. The predicted octanol–water partition coefficient (Wildman–Crippen LogP) is 2.55. The minimum Gasteiger partial charge on any atom is -0.490 e. The number of para-hydroxylation sites is 1. The minimum atomic E-state index is -3.14. The molecule has 0 aromatic heterocycles. The fraction of sp³-hybridized carbons (Fsp3) is 0.611. The molecule has 2 rings (SSSR count). The van der Waals surface area contributed by atoms with Gasteiger partial charge in [0.15, 0.2) is 15.8 Å². The van der Waals surface area contributed by atoms with E-state index < -0.39 is 14.6 Å². The van der Waals surface area contributed by atoms with Crippen LogP contribution in [0.15, 0.2) is 35.3 Å². The van der Waals surface area contributed by atoms with Gasteiger partial charge in [-0.05, 0) is 26.0 Å². The van der Waals surface area contributed by atoms with Crippen molar-refractivity contribution in [2.75, 3.05) is 32.9 Å². The van der Waals surface area contributed by atoms with E-state index in [0.29, 0.717) is 6.54 Å². The van der Waals surface area contributed by atoms with Crippen LogP contribution in [0.2, 0.25) is 0 Å². The molecule has 0 amide bonds. The van der Waals surface area contributed by atoms with Gasteiger partial charge in [0.1, 0.15) is 11.9 Å². The fourth-order valence-corrected chi connectivity index (χ4v) is 2.97. The summed E-state index contributed by atoms with van der Waals surface area (Å²) in [7, 11) is -1.41. The molecule has 1 N–H and O–H groups in total. The van der Waals surface area contributed by atoms with E-state index in [0.717, 1.165) is 37.6 Å². The molecule has 0 spiro atoms. The number of rotatable bonds is 5. The number of likely N-dealkylation sites (tertiary alicyclic amines) is 1. The highest BCUT2D eigenvalue weighted by Gasteiger charge is 2.31. The standard InChI is InChI=1S/C18H29N3O3S.HI/c1-18(2,25(4,22)23)14-20-17(19-3)21-12-10-16(11-13-21)24-15-8-6-5-7-9-15;/h5-9,16H,10-14H2,1-4H3,(H,19,20);1H. The summed E-state index contributed by atoms with van der Waals surface area (Å²) in [6, 6.07) is 9.86. The molecular formula is C18H30IN3O3S. The van der Waals surface area contributed by atoms with Crippen LogP contribution < -0.4 is 10.1 Å². The van der Waals surface area contributed by atoms with Crippen molar-refractivity contribution >= 4 is 39.8 Å². The molecule has 8 heteroatoms. The van der Waals surface area contributed by atoms with Gasteiger partial charge in [-0.2, -0.15) is 0 Å². The first-order chi connectivity index (χ1) is 11.7. The Kier molecular flexibility index (Phi) is 8.65. The molecule has 148 valence electrons. The number of nitrogens with zero attached hydrogens (tertiary/aromatic N) is 2. The number of hydrogen-bond acceptors (Lipinski definition) is 4. The van der Waals surface area contributed by atoms with Gasteiger partial charge >= 0.3 is 0 Å². The van der Waals surface area contributed by atoms with E-state index in [1.807, 2.05) is 30.3 Å². The smallest absolute Gasteiger partial charge is 0.193 e. The molecule has 1 aliphatic heterocycles. The van der Waals surface area contributed by atoms with Crippen molar-refractivity contribution in [3.05, 3.63) is 30.3 Å². The van der Waals surface area contributed by atoms with Crippen LogP contribution in [-0.4, -0.2) is 63.1 Å². The maximum atomic E-state index is 11.8. The molecule has 0 unspecified atom stereocenters. The lowest BCUT2D eigenvalue weighted by atomic mass is 10.1. The summed E-state index contributed by atoms with van der Waals surface area (Å²) in [6.45, 7) is 5.44. The lowest BCUT2D eigenvalue weighted by molar-refractivity contribution is 0.129. The molecule has 1 aliphatic rings. The zero-order valence-corrected chi connectivity index (χ0v) is 19.1. The van der Waals surface area contributed by atoms with Gasteiger partial charge in [0.05, 0.1) is 4.75 Å². The second-order valence-corrected chi connectivity index (χ2v) is 9.70. The van der Waals surface area contributed by atoms with Gasteiger partial charge in [0.2, 0.25) is 0 Å². The molecule has 0 radical (unpaired) electrons. The highest BCUT2D eigenvalue weighted by atomic mass is 127. The van der Waals surface area contributed by atoms with Crippen molar-refractivity contribution in [1.29, 1.82) is 0 Å². The third kappa shape index (κ3) is 6.29. The summed E-state index contributed by atoms with van der Waals surface area (Å²) < 4.78 is 28.8. The molecule has 1 aromatic rings. The largest absolute Gasteiger partial charge is 0.490 e. The van der Waals surface area contributed by atoms with Crippen molar-refractivity contribution in [2.45, 2.75) is 37.5 Å². The van der Waals surface area contributed by atoms with Gasteiger partial charge in [-0.25, -0.2) is 8.42 Å². The highest BCUT2D eigenvalue weighted by Crippen LogP contribution is 2.19. The average Bonchev–Trinajstić information content (AvgIpc) is 2.56. The molecule has 1 fully saturated rings. The first-order valence-electron chi connectivity index (χ1n) is 8.60. The molecule has 26 heavy (non-hydrogen) atoms. The SMILES string of the molecule is CN=C(NCC(C)(C)S(C)(=O)=O)N1CCC(Oc2ccccc2)CC1.I. The van der Waals surface area contributed by atoms with Crippen molar-refractivity contribution in [3.8, 4) is 5.75 Å². The third-order valence-electron chi connectivity index (χ3n) is 4.68. The first kappa shape index (κ1) is 23.0. The number of hydrogen-bond donors (Lipinski definition) is 1. The van der Waals surface area contributed by atoms with E-state index in [4.69, 9.17) is 4.74 Å². The molecule has 1 aromatic carbocycles. The van der Waals surface area contributed by atoms with Gasteiger partial charge in [-0.15, -0.1) is 24.0 Å². The summed E-state index contributed by atoms with van der Waals surface area (Å²) in [4.78, 5) is 6.46. The van der Waals surface area contributed by atoms with Crippen LogP contribution in [0.3, 0.4) is 0 Å². The second-order valence-electron chi connectivity index (χ2n) is 7.05. The number of halogens is 1. The van der Waals surface area contributed by atoms with Crippen LogP contribution in [-0.2, 0) is 9.84 Å². The van der Waals surface area contributed by atoms with Crippen LogP contribution >= 0.6 is 24.0 Å². The van der Waals surface area contributed by atoms with Gasteiger partial charge in [-0.3, -0.25) is 4.99 Å². The topological polar surface area (TPSA) is 71.0 Å². The highest BCUT2D eigenvalue weighted by molar-refractivity contribution is 14.0. The maximum Gasteiger partial charge on any atom is 0.193 e. The Morgan fingerprint density at radius 3 is 2.35 bits per heavy atom. The lowest BCUT2D eigenvalue weighted by Gasteiger charge is -2.35. The molecular weight excluding hydrogens is 465 g/mol. The second kappa shape index (κ2) is 9.77. The Balaban J connectivity index is 0.00000338. The molecule has 1 saturated heterocycles. The molecule has 0 bridgehead atoms. The zero-order valence-electron chi connectivity index (χ0n) is 15.9. The summed E-state index contributed by atoms with van der Waals surface area (Å²) in [6.07, 6.45) is 3.28. The fourth-order valence-electron chi connectivity index (χ4n) is 2.63. The van der Waals surface area contributed by atoms with Crippen molar-refractivity contribution in [2.24, 2.45) is 4.99 Å². The van der Waals surface area contributed by atoms with Crippen LogP contribution in [0.4, 0.5) is 0 Å². The predicted molar refractivity (Wildman–Crippen MR) is 117 cm³/mol. The Morgan fingerprint density at radius 1 is 1.27 bits per heavy atom. The van der Waals surface area contributed by atoms with Gasteiger partial charge in [0.25, 0.3) is 0 Å². The lowest BCUT2D eigenvalue weighted by Crippen LogP contribution is -2.51. The number of piperidine rings is 1. The number of sulfone groups is 1. The number of aliphatic imine (C=N–C) groups is 1. The van der Waals surface area contributed by atoms with Crippen LogP contribution in [0, 0.1) is 0 Å². The van der Waals surface area contributed by atoms with Gasteiger partial charge < -0.3 is 15.0 Å². The van der Waals surface area contributed by atoms with E-state index >= 15 is 0 Å². The number of guanidine groups is 1. The van der Waals surface area contributed by atoms with Gasteiger partial charge in [0, 0.05) is 45.8 Å². The number of benzene rings is 1. The maximum absolute atomic E-state index is 11.8. The Hall–Kier alpha value is -1.03. The first-order valence-corrected chi connectivity index (χ1v) is 10.5. The van der Waals surface area contributed by atoms with Crippen LogP contribution in [0.25, 0.3) is 0 Å². The molecule has 0 saturated carbocycles. The summed E-state index contributed by atoms with van der Waals surface area (Å²) in [5, 5.41) is 3.21. The molecule has 0 atom stereocenters. The minimum absolute atomic E-state index is 0. The Bertz CT molecular complexity index is 685. The third-order valence-corrected chi connectivity index (χ3v) is 6.83. The van der Waals surface area contributed by atoms with Crippen molar-refractivity contribution in [3.63, 3.8) is 0 Å². The van der Waals surface area contributed by atoms with E-state index in [1.165, 1.54) is 6.26 Å². The van der Waals surface area contributed by atoms with Gasteiger partial charge in [-0.1, -0.05) is 18.2 Å². The van der Waals surface area contributed by atoms with E-state index in [2.05, 4.69) is 15.2 Å². The monoisotopic (exact) mass is 495 g/mol. The normalized spacial score (nSPS) is 16.8. The Labute approximate surface area is 174 Å². The number of nitrogens with one attached hydrogen (secondary N) is 1. The van der Waals surface area contributed by atoms with E-state index in [1.54, 1.807) is 20.9 Å². The van der Waals surface area contributed by atoms with E-state index in [-0.39, 0.29) is 30.1 Å². The number of ether oxygens (including phenoxy) is 1. The molecule has 6 nitrogen and oxygen atoms in total. The summed E-state index contributed by atoms with van der Waals surface area (Å²) in [5.41, 5.74) is 0. The van der Waals surface area contributed by atoms with Crippen LogP contribution in [0.5, 0.6) is 5.75 Å². The average molecular weight is 495 g/mol. The quantitative estimate of drug-likeness (QED) is 0.386. The van der Waals surface area contributed by atoms with Crippen molar-refractivity contribution in [1.82, 2.24) is 10.2 Å². The zero-order chi connectivity index (χ0) is 18.5.